The lowest BCUT2D eigenvalue weighted by Gasteiger charge is -2.34. The Morgan fingerprint density at radius 3 is 2.80 bits per heavy atom. The molecule has 0 bridgehead atoms. The van der Waals surface area contributed by atoms with E-state index in [-0.39, 0.29) is 12.0 Å². The number of likely N-dealkylation sites (tertiary alicyclic amines) is 1. The van der Waals surface area contributed by atoms with Crippen LogP contribution < -0.4 is 5.32 Å². The Hall–Kier alpha value is -1.73. The minimum absolute atomic E-state index is 0.0755. The number of hydrogen-bond acceptors (Lipinski definition) is 6. The molecule has 3 rings (SSSR count). The van der Waals surface area contributed by atoms with Gasteiger partial charge in [-0.15, -0.1) is 5.10 Å². The van der Waals surface area contributed by atoms with Crippen molar-refractivity contribution >= 4 is 11.7 Å². The Kier molecular flexibility index (Phi) is 6.20. The third-order valence-corrected chi connectivity index (χ3v) is 4.86. The Bertz CT molecular complexity index is 552. The third kappa shape index (κ3) is 5.12. The van der Waals surface area contributed by atoms with Crippen molar-refractivity contribution in [1.29, 1.82) is 0 Å². The van der Waals surface area contributed by atoms with Crippen LogP contribution in [-0.2, 0) is 14.3 Å². The summed E-state index contributed by atoms with van der Waals surface area (Å²) in [5.41, 5.74) is 0.906. The van der Waals surface area contributed by atoms with E-state index in [0.717, 1.165) is 56.9 Å². The molecule has 1 amide bonds. The predicted octanol–water partition coefficient (Wildman–Crippen LogP) is 1.77. The smallest absolute Gasteiger partial charge is 0.251 e. The van der Waals surface area contributed by atoms with Gasteiger partial charge in [0, 0.05) is 25.7 Å². The Morgan fingerprint density at radius 1 is 1.36 bits per heavy atom. The SMILES string of the molecule is Cc1ccc(NC2CCN(C(=O)[C@H](C)OC[C@@H]3CCCO3)CC2)nn1. The molecule has 3 heterocycles. The fourth-order valence-corrected chi connectivity index (χ4v) is 3.29. The molecule has 2 fully saturated rings. The maximum Gasteiger partial charge on any atom is 0.251 e. The van der Waals surface area contributed by atoms with E-state index in [4.69, 9.17) is 9.47 Å². The quantitative estimate of drug-likeness (QED) is 0.844. The number of anilines is 1. The molecule has 0 aliphatic carbocycles. The van der Waals surface area contributed by atoms with Crippen molar-refractivity contribution in [2.45, 2.75) is 57.8 Å². The van der Waals surface area contributed by atoms with Crippen LogP contribution in [0.4, 0.5) is 5.82 Å². The van der Waals surface area contributed by atoms with Crippen LogP contribution in [0.2, 0.25) is 0 Å². The van der Waals surface area contributed by atoms with Crippen LogP contribution >= 0.6 is 0 Å². The van der Waals surface area contributed by atoms with Gasteiger partial charge in [-0.2, -0.15) is 5.10 Å². The second kappa shape index (κ2) is 8.58. The van der Waals surface area contributed by atoms with E-state index in [1.807, 2.05) is 30.9 Å². The van der Waals surface area contributed by atoms with Crippen LogP contribution in [0.15, 0.2) is 12.1 Å². The molecule has 2 atom stereocenters. The summed E-state index contributed by atoms with van der Waals surface area (Å²) < 4.78 is 11.3. The highest BCUT2D eigenvalue weighted by Crippen LogP contribution is 2.17. The van der Waals surface area contributed by atoms with Gasteiger partial charge in [-0.05, 0) is 51.7 Å². The number of piperidine rings is 1. The zero-order chi connectivity index (χ0) is 17.6. The van der Waals surface area contributed by atoms with Crippen LogP contribution in [0.5, 0.6) is 0 Å². The molecule has 1 aromatic rings. The summed E-state index contributed by atoms with van der Waals surface area (Å²) in [5, 5.41) is 11.6. The van der Waals surface area contributed by atoms with Crippen molar-refractivity contribution in [3.63, 3.8) is 0 Å². The topological polar surface area (TPSA) is 76.6 Å². The van der Waals surface area contributed by atoms with E-state index in [1.165, 1.54) is 0 Å². The lowest BCUT2D eigenvalue weighted by atomic mass is 10.0. The highest BCUT2D eigenvalue weighted by atomic mass is 16.5. The average Bonchev–Trinajstić information content (AvgIpc) is 3.15. The number of carbonyl (C=O) groups is 1. The van der Waals surface area contributed by atoms with Gasteiger partial charge >= 0.3 is 0 Å². The fraction of sp³-hybridized carbons (Fsp3) is 0.722. The van der Waals surface area contributed by atoms with E-state index in [9.17, 15) is 4.79 Å². The number of aromatic nitrogens is 2. The van der Waals surface area contributed by atoms with Gasteiger partial charge in [0.05, 0.1) is 18.4 Å². The molecule has 138 valence electrons. The summed E-state index contributed by atoms with van der Waals surface area (Å²) in [4.78, 5) is 14.4. The zero-order valence-corrected chi connectivity index (χ0v) is 15.1. The van der Waals surface area contributed by atoms with Crippen molar-refractivity contribution in [2.24, 2.45) is 0 Å². The number of aryl methyl sites for hydroxylation is 1. The Balaban J connectivity index is 1.39. The summed E-state index contributed by atoms with van der Waals surface area (Å²) in [6, 6.07) is 4.21. The summed E-state index contributed by atoms with van der Waals surface area (Å²) in [7, 11) is 0. The van der Waals surface area contributed by atoms with E-state index < -0.39 is 6.10 Å². The largest absolute Gasteiger partial charge is 0.376 e. The predicted molar refractivity (Wildman–Crippen MR) is 94.4 cm³/mol. The molecule has 0 aromatic carbocycles. The van der Waals surface area contributed by atoms with Crippen molar-refractivity contribution in [2.75, 3.05) is 31.6 Å². The van der Waals surface area contributed by atoms with Crippen molar-refractivity contribution in [3.8, 4) is 0 Å². The molecule has 7 nitrogen and oxygen atoms in total. The van der Waals surface area contributed by atoms with Crippen molar-refractivity contribution in [1.82, 2.24) is 15.1 Å². The normalized spacial score (nSPS) is 22.8. The van der Waals surface area contributed by atoms with Crippen molar-refractivity contribution in [3.05, 3.63) is 17.8 Å². The number of rotatable bonds is 6. The van der Waals surface area contributed by atoms with E-state index in [2.05, 4.69) is 15.5 Å². The molecule has 2 aliphatic heterocycles. The first-order valence-electron chi connectivity index (χ1n) is 9.20. The van der Waals surface area contributed by atoms with Gasteiger partial charge in [0.15, 0.2) is 0 Å². The third-order valence-electron chi connectivity index (χ3n) is 4.86. The van der Waals surface area contributed by atoms with E-state index in [0.29, 0.717) is 12.6 Å². The lowest BCUT2D eigenvalue weighted by molar-refractivity contribution is -0.145. The number of hydrogen-bond donors (Lipinski definition) is 1. The van der Waals surface area contributed by atoms with Gasteiger partial charge in [0.2, 0.25) is 0 Å². The Morgan fingerprint density at radius 2 is 2.16 bits per heavy atom. The second-order valence-electron chi connectivity index (χ2n) is 6.91. The first kappa shape index (κ1) is 18.1. The molecule has 7 heteroatoms. The fourth-order valence-electron chi connectivity index (χ4n) is 3.29. The molecular weight excluding hydrogens is 320 g/mol. The molecule has 25 heavy (non-hydrogen) atoms. The lowest BCUT2D eigenvalue weighted by Crippen LogP contribution is -2.46. The molecule has 2 saturated heterocycles. The number of carbonyl (C=O) groups excluding carboxylic acids is 1. The van der Waals surface area contributed by atoms with Crippen LogP contribution in [0.25, 0.3) is 0 Å². The van der Waals surface area contributed by atoms with Crippen LogP contribution in [0.1, 0.15) is 38.3 Å². The molecule has 1 aromatic heterocycles. The number of amides is 1. The molecule has 0 spiro atoms. The molecular formula is C18H28N4O3. The molecule has 1 N–H and O–H groups in total. The molecule has 0 saturated carbocycles. The number of ether oxygens (including phenoxy) is 2. The van der Waals surface area contributed by atoms with E-state index >= 15 is 0 Å². The standard InChI is InChI=1S/C18H28N4O3/c1-13-5-6-17(21-20-13)19-15-7-9-22(10-8-15)18(23)14(2)25-12-16-4-3-11-24-16/h5-6,14-16H,3-4,7-12H2,1-2H3,(H,19,21)/t14-,16-/m0/s1. The highest BCUT2D eigenvalue weighted by Gasteiger charge is 2.27. The number of nitrogens with zero attached hydrogens (tertiary/aromatic N) is 3. The van der Waals surface area contributed by atoms with Gasteiger partial charge < -0.3 is 19.7 Å². The maximum absolute atomic E-state index is 12.5. The van der Waals surface area contributed by atoms with Gasteiger partial charge in [0.1, 0.15) is 11.9 Å². The molecule has 0 radical (unpaired) electrons. The highest BCUT2D eigenvalue weighted by molar-refractivity contribution is 5.80. The minimum Gasteiger partial charge on any atom is -0.376 e. The first-order valence-corrected chi connectivity index (χ1v) is 9.20. The first-order chi connectivity index (χ1) is 12.1. The molecule has 0 unspecified atom stereocenters. The monoisotopic (exact) mass is 348 g/mol. The second-order valence-corrected chi connectivity index (χ2v) is 6.91. The van der Waals surface area contributed by atoms with Crippen LogP contribution in [0.3, 0.4) is 0 Å². The van der Waals surface area contributed by atoms with Crippen LogP contribution in [-0.4, -0.2) is 65.6 Å². The van der Waals surface area contributed by atoms with Gasteiger partial charge in [0.25, 0.3) is 5.91 Å². The van der Waals surface area contributed by atoms with Gasteiger partial charge in [-0.25, -0.2) is 0 Å². The number of nitrogens with one attached hydrogen (secondary N) is 1. The van der Waals surface area contributed by atoms with Gasteiger partial charge in [-0.3, -0.25) is 4.79 Å². The molecule has 2 aliphatic rings. The summed E-state index contributed by atoms with van der Waals surface area (Å²) >= 11 is 0. The Labute approximate surface area is 149 Å². The van der Waals surface area contributed by atoms with Crippen LogP contribution in [0, 0.1) is 6.92 Å². The summed E-state index contributed by atoms with van der Waals surface area (Å²) in [5.74, 6) is 0.871. The minimum atomic E-state index is -0.406. The van der Waals surface area contributed by atoms with E-state index in [1.54, 1.807) is 0 Å². The van der Waals surface area contributed by atoms with Gasteiger partial charge in [-0.1, -0.05) is 0 Å². The summed E-state index contributed by atoms with van der Waals surface area (Å²) in [6.45, 7) is 6.55. The zero-order valence-electron chi connectivity index (χ0n) is 15.1. The maximum atomic E-state index is 12.5. The summed E-state index contributed by atoms with van der Waals surface area (Å²) in [6.07, 6.45) is 3.67. The van der Waals surface area contributed by atoms with Crippen molar-refractivity contribution < 1.29 is 14.3 Å². The average molecular weight is 348 g/mol.